The van der Waals surface area contributed by atoms with Gasteiger partial charge >= 0.3 is 0 Å². The Morgan fingerprint density at radius 1 is 1.29 bits per heavy atom. The van der Waals surface area contributed by atoms with Crippen molar-refractivity contribution in [1.29, 1.82) is 0 Å². The molecule has 0 unspecified atom stereocenters. The van der Waals surface area contributed by atoms with Crippen LogP contribution in [0.3, 0.4) is 0 Å². The Kier molecular flexibility index (Phi) is 2.69. The number of rotatable bonds is 3. The number of nitrogen functional groups attached to an aromatic ring is 1. The molecule has 1 aromatic heterocycles. The molecular weight excluding hydrogens is 228 g/mol. The van der Waals surface area contributed by atoms with Crippen molar-refractivity contribution in [1.82, 2.24) is 4.98 Å². The van der Waals surface area contributed by atoms with Crippen LogP contribution in [0.2, 0.25) is 0 Å². The minimum absolute atomic E-state index is 0.737. The Morgan fingerprint density at radius 2 is 2.18 bits per heavy atom. The normalized spacial score (nSPS) is 15.5. The van der Waals surface area contributed by atoms with Gasteiger partial charge in [-0.2, -0.15) is 0 Å². The van der Waals surface area contributed by atoms with E-state index in [9.17, 15) is 0 Å². The summed E-state index contributed by atoms with van der Waals surface area (Å²) in [7, 11) is 0. The standard InChI is InChI=1S/C14H14N2S/c15-12-3-1-2-10(8-12)4-7-14-16-13(9-17-14)11-5-6-11/h1-4,7-9,11H,5-6,15H2. The van der Waals surface area contributed by atoms with E-state index in [0.29, 0.717) is 0 Å². The molecule has 1 fully saturated rings. The molecule has 0 aliphatic heterocycles. The highest BCUT2D eigenvalue weighted by molar-refractivity contribution is 7.10. The summed E-state index contributed by atoms with van der Waals surface area (Å²) in [5.74, 6) is 0.737. The van der Waals surface area contributed by atoms with E-state index in [-0.39, 0.29) is 0 Å². The first-order valence-electron chi connectivity index (χ1n) is 5.80. The third-order valence-electron chi connectivity index (χ3n) is 2.86. The molecule has 0 bridgehead atoms. The van der Waals surface area contributed by atoms with Gasteiger partial charge in [0.2, 0.25) is 0 Å². The molecule has 0 saturated heterocycles. The molecule has 86 valence electrons. The Balaban J connectivity index is 1.76. The van der Waals surface area contributed by atoms with Crippen molar-refractivity contribution in [3.8, 4) is 0 Å². The lowest BCUT2D eigenvalue weighted by atomic mass is 10.2. The van der Waals surface area contributed by atoms with Crippen LogP contribution >= 0.6 is 11.3 Å². The maximum atomic E-state index is 5.73. The highest BCUT2D eigenvalue weighted by Crippen LogP contribution is 2.40. The lowest BCUT2D eigenvalue weighted by Crippen LogP contribution is -1.83. The summed E-state index contributed by atoms with van der Waals surface area (Å²) < 4.78 is 0. The number of nitrogens with two attached hydrogens (primary N) is 1. The first-order chi connectivity index (χ1) is 8.31. The van der Waals surface area contributed by atoms with Crippen LogP contribution in [-0.4, -0.2) is 4.98 Å². The summed E-state index contributed by atoms with van der Waals surface area (Å²) in [6.45, 7) is 0. The molecule has 2 nitrogen and oxygen atoms in total. The summed E-state index contributed by atoms with van der Waals surface area (Å²) in [6, 6.07) is 7.87. The molecule has 1 heterocycles. The lowest BCUT2D eigenvalue weighted by molar-refractivity contribution is 1.05. The highest BCUT2D eigenvalue weighted by atomic mass is 32.1. The van der Waals surface area contributed by atoms with Gasteiger partial charge in [-0.3, -0.25) is 0 Å². The van der Waals surface area contributed by atoms with Gasteiger partial charge in [-0.25, -0.2) is 4.98 Å². The lowest BCUT2D eigenvalue weighted by Gasteiger charge is -1.94. The molecule has 0 radical (unpaired) electrons. The zero-order valence-electron chi connectivity index (χ0n) is 9.47. The van der Waals surface area contributed by atoms with E-state index >= 15 is 0 Å². The van der Waals surface area contributed by atoms with Crippen LogP contribution in [0.1, 0.15) is 35.0 Å². The Morgan fingerprint density at radius 3 is 2.94 bits per heavy atom. The second-order valence-electron chi connectivity index (χ2n) is 4.39. The maximum absolute atomic E-state index is 5.73. The topological polar surface area (TPSA) is 38.9 Å². The zero-order valence-corrected chi connectivity index (χ0v) is 10.3. The molecule has 2 aromatic rings. The third-order valence-corrected chi connectivity index (χ3v) is 3.69. The summed E-state index contributed by atoms with van der Waals surface area (Å²) in [5, 5.41) is 3.26. The van der Waals surface area contributed by atoms with Crippen molar-refractivity contribution in [2.75, 3.05) is 5.73 Å². The van der Waals surface area contributed by atoms with Crippen LogP contribution in [0.4, 0.5) is 5.69 Å². The fourth-order valence-electron chi connectivity index (χ4n) is 1.77. The maximum Gasteiger partial charge on any atom is 0.116 e. The molecule has 2 N–H and O–H groups in total. The fourth-order valence-corrected chi connectivity index (χ4v) is 2.57. The quantitative estimate of drug-likeness (QED) is 0.832. The zero-order chi connectivity index (χ0) is 11.7. The molecule has 3 heteroatoms. The van der Waals surface area contributed by atoms with Crippen LogP contribution in [0.5, 0.6) is 0 Å². The van der Waals surface area contributed by atoms with Crippen molar-refractivity contribution in [3.63, 3.8) is 0 Å². The monoisotopic (exact) mass is 242 g/mol. The summed E-state index contributed by atoms with van der Waals surface area (Å²) in [5.41, 5.74) is 8.91. The smallest absolute Gasteiger partial charge is 0.116 e. The number of anilines is 1. The number of benzene rings is 1. The largest absolute Gasteiger partial charge is 0.399 e. The predicted octanol–water partition coefficient (Wildman–Crippen LogP) is 3.77. The van der Waals surface area contributed by atoms with Gasteiger partial charge < -0.3 is 5.73 Å². The molecule has 1 aliphatic carbocycles. The van der Waals surface area contributed by atoms with Crippen molar-refractivity contribution in [2.45, 2.75) is 18.8 Å². The van der Waals surface area contributed by atoms with Crippen molar-refractivity contribution >= 4 is 29.2 Å². The molecular formula is C14H14N2S. The first kappa shape index (κ1) is 10.5. The fraction of sp³-hybridized carbons (Fsp3) is 0.214. The van der Waals surface area contributed by atoms with E-state index in [2.05, 4.69) is 22.5 Å². The van der Waals surface area contributed by atoms with E-state index in [4.69, 9.17) is 5.73 Å². The summed E-state index contributed by atoms with van der Waals surface area (Å²) >= 11 is 1.71. The van der Waals surface area contributed by atoms with Crippen molar-refractivity contribution < 1.29 is 0 Å². The summed E-state index contributed by atoms with van der Waals surface area (Å²) in [6.07, 6.45) is 6.74. The van der Waals surface area contributed by atoms with E-state index in [0.717, 1.165) is 22.2 Å². The predicted molar refractivity (Wildman–Crippen MR) is 73.9 cm³/mol. The van der Waals surface area contributed by atoms with Crippen LogP contribution < -0.4 is 5.73 Å². The average Bonchev–Trinajstić information content (AvgIpc) is 3.07. The number of thiazole rings is 1. The van der Waals surface area contributed by atoms with Crippen LogP contribution in [-0.2, 0) is 0 Å². The number of nitrogens with zero attached hydrogens (tertiary/aromatic N) is 1. The Hall–Kier alpha value is -1.61. The molecule has 1 saturated carbocycles. The molecule has 0 atom stereocenters. The SMILES string of the molecule is Nc1cccc(C=Cc2nc(C3CC3)cs2)c1. The van der Waals surface area contributed by atoms with Gasteiger partial charge in [0.1, 0.15) is 5.01 Å². The summed E-state index contributed by atoms with van der Waals surface area (Å²) in [4.78, 5) is 4.61. The number of hydrogen-bond acceptors (Lipinski definition) is 3. The van der Waals surface area contributed by atoms with E-state index in [1.165, 1.54) is 18.5 Å². The van der Waals surface area contributed by atoms with E-state index in [1.54, 1.807) is 11.3 Å². The molecule has 0 amide bonds. The van der Waals surface area contributed by atoms with Crippen LogP contribution in [0.15, 0.2) is 29.6 Å². The molecule has 3 rings (SSSR count). The highest BCUT2D eigenvalue weighted by Gasteiger charge is 2.25. The van der Waals surface area contributed by atoms with Gasteiger partial charge in [0, 0.05) is 17.0 Å². The Bertz CT molecular complexity index is 553. The molecule has 0 spiro atoms. The second-order valence-corrected chi connectivity index (χ2v) is 5.28. The van der Waals surface area contributed by atoms with E-state index in [1.807, 2.05) is 24.3 Å². The van der Waals surface area contributed by atoms with Gasteiger partial charge in [0.05, 0.1) is 5.69 Å². The Labute approximate surface area is 105 Å². The number of aromatic nitrogens is 1. The first-order valence-corrected chi connectivity index (χ1v) is 6.68. The number of hydrogen-bond donors (Lipinski definition) is 1. The second kappa shape index (κ2) is 4.34. The van der Waals surface area contributed by atoms with Gasteiger partial charge in [-0.15, -0.1) is 11.3 Å². The average molecular weight is 242 g/mol. The van der Waals surface area contributed by atoms with Crippen molar-refractivity contribution in [3.05, 3.63) is 45.9 Å². The molecule has 1 aliphatic rings. The van der Waals surface area contributed by atoms with Gasteiger partial charge in [-0.1, -0.05) is 18.2 Å². The van der Waals surface area contributed by atoms with Crippen molar-refractivity contribution in [2.24, 2.45) is 0 Å². The van der Waals surface area contributed by atoms with Crippen LogP contribution in [0, 0.1) is 0 Å². The van der Waals surface area contributed by atoms with Gasteiger partial charge in [0.25, 0.3) is 0 Å². The minimum Gasteiger partial charge on any atom is -0.399 e. The third kappa shape index (κ3) is 2.56. The minimum atomic E-state index is 0.737. The van der Waals surface area contributed by atoms with Gasteiger partial charge in [-0.05, 0) is 36.6 Å². The molecule has 17 heavy (non-hydrogen) atoms. The van der Waals surface area contributed by atoms with E-state index < -0.39 is 0 Å². The van der Waals surface area contributed by atoms with Crippen LogP contribution in [0.25, 0.3) is 12.2 Å². The van der Waals surface area contributed by atoms with Gasteiger partial charge in [0.15, 0.2) is 0 Å². The molecule has 1 aromatic carbocycles.